The van der Waals surface area contributed by atoms with Gasteiger partial charge >= 0.3 is 5.97 Å². The number of rotatable bonds is 7. The van der Waals surface area contributed by atoms with Gasteiger partial charge in [0.05, 0.1) is 13.0 Å². The Balaban J connectivity index is 1.37. The van der Waals surface area contributed by atoms with Crippen molar-refractivity contribution in [3.8, 4) is 0 Å². The molecule has 2 aliphatic rings. The number of aryl methyl sites for hydroxylation is 2. The van der Waals surface area contributed by atoms with Crippen LogP contribution in [0.4, 0.5) is 0 Å². The van der Waals surface area contributed by atoms with Crippen molar-refractivity contribution < 1.29 is 9.53 Å². The number of ether oxygens (including phenoxy) is 1. The van der Waals surface area contributed by atoms with E-state index in [1.165, 1.54) is 43.1 Å². The summed E-state index contributed by atoms with van der Waals surface area (Å²) in [4.78, 5) is 15.0. The van der Waals surface area contributed by atoms with Crippen LogP contribution < -0.4 is 0 Å². The van der Waals surface area contributed by atoms with Gasteiger partial charge in [0.1, 0.15) is 0 Å². The molecule has 2 fully saturated rings. The summed E-state index contributed by atoms with van der Waals surface area (Å²) in [7, 11) is 3.70. The first-order chi connectivity index (χ1) is 14.2. The monoisotopic (exact) mass is 391 g/mol. The smallest absolute Gasteiger partial charge is 0.310 e. The van der Waals surface area contributed by atoms with Crippen LogP contribution in [0.15, 0.2) is 54.6 Å². The quantitative estimate of drug-likeness (QED) is 0.492. The molecule has 4 atom stereocenters. The molecule has 2 unspecified atom stereocenters. The van der Waals surface area contributed by atoms with Crippen molar-refractivity contribution in [2.24, 2.45) is 5.92 Å². The summed E-state index contributed by atoms with van der Waals surface area (Å²) in [6, 6.07) is 20.7. The van der Waals surface area contributed by atoms with Crippen LogP contribution in [0.25, 0.3) is 0 Å². The number of piperidine rings is 1. The Morgan fingerprint density at radius 2 is 1.62 bits per heavy atom. The molecule has 3 nitrogen and oxygen atoms in total. The number of nitrogens with zero attached hydrogens (tertiary/aromatic N) is 1. The molecule has 0 amide bonds. The van der Waals surface area contributed by atoms with E-state index in [2.05, 4.69) is 66.5 Å². The third-order valence-electron chi connectivity index (χ3n) is 7.17. The summed E-state index contributed by atoms with van der Waals surface area (Å²) >= 11 is 0. The van der Waals surface area contributed by atoms with E-state index in [0.717, 1.165) is 25.7 Å². The fourth-order valence-corrected chi connectivity index (χ4v) is 5.50. The average molecular weight is 392 g/mol. The highest BCUT2D eigenvalue weighted by Gasteiger charge is 2.49. The van der Waals surface area contributed by atoms with E-state index in [4.69, 9.17) is 4.74 Å². The Bertz CT molecular complexity index is 801. The molecule has 29 heavy (non-hydrogen) atoms. The molecule has 2 heterocycles. The fourth-order valence-electron chi connectivity index (χ4n) is 5.50. The van der Waals surface area contributed by atoms with Crippen LogP contribution in [0.2, 0.25) is 0 Å². The number of unbranched alkanes of at least 4 members (excludes halogenated alkanes) is 1. The van der Waals surface area contributed by atoms with Gasteiger partial charge in [-0.15, -0.1) is 0 Å². The lowest BCUT2D eigenvalue weighted by molar-refractivity contribution is -0.150. The maximum atomic E-state index is 12.6. The Hall–Kier alpha value is -2.13. The number of fused-ring (bicyclic) bond motifs is 2. The van der Waals surface area contributed by atoms with E-state index in [0.29, 0.717) is 12.1 Å². The van der Waals surface area contributed by atoms with Gasteiger partial charge in [-0.25, -0.2) is 0 Å². The lowest BCUT2D eigenvalue weighted by atomic mass is 9.76. The van der Waals surface area contributed by atoms with Crippen molar-refractivity contribution in [2.75, 3.05) is 14.2 Å². The van der Waals surface area contributed by atoms with E-state index in [-0.39, 0.29) is 17.8 Å². The van der Waals surface area contributed by atoms with E-state index >= 15 is 0 Å². The second-order valence-corrected chi connectivity index (χ2v) is 8.79. The fraction of sp³-hybridized carbons (Fsp3) is 0.500. The van der Waals surface area contributed by atoms with Crippen molar-refractivity contribution in [1.82, 2.24) is 4.90 Å². The molecular weight excluding hydrogens is 358 g/mol. The Kier molecular flexibility index (Phi) is 6.34. The average Bonchev–Trinajstić information content (AvgIpc) is 2.99. The predicted octanol–water partition coefficient (Wildman–Crippen LogP) is 4.99. The lowest BCUT2D eigenvalue weighted by Crippen LogP contribution is -2.49. The largest absolute Gasteiger partial charge is 0.469 e. The predicted molar refractivity (Wildman–Crippen MR) is 117 cm³/mol. The standard InChI is InChI=1S/C26H33NO2/c1-27-22-16-17-24(27)25(26(28)29-2)23(18-22)21-14-12-20(13-15-21)11-7-6-10-19-8-4-3-5-9-19/h3-5,8-9,12-15,22-25H,6-7,10-11,16-18H2,1-2H3/t22-,23-,24?,25?/m1/s1. The number of carbonyl (C=O) groups excluding carboxylic acids is 1. The zero-order chi connectivity index (χ0) is 20.2. The SMILES string of the molecule is COC(=O)C1C2CC[C@H](C[C@@H]1c1ccc(CCCCc3ccccc3)cc1)N2C. The van der Waals surface area contributed by atoms with Crippen LogP contribution in [-0.2, 0) is 22.4 Å². The van der Waals surface area contributed by atoms with Gasteiger partial charge < -0.3 is 4.74 Å². The molecule has 0 saturated carbocycles. The summed E-state index contributed by atoms with van der Waals surface area (Å²) in [5, 5.41) is 0. The van der Waals surface area contributed by atoms with Crippen molar-refractivity contribution in [2.45, 2.75) is 62.9 Å². The van der Waals surface area contributed by atoms with E-state index in [9.17, 15) is 4.79 Å². The molecule has 0 aromatic heterocycles. The molecule has 154 valence electrons. The third kappa shape index (κ3) is 4.40. The van der Waals surface area contributed by atoms with E-state index in [1.54, 1.807) is 0 Å². The molecule has 2 bridgehead atoms. The highest BCUT2D eigenvalue weighted by Crippen LogP contribution is 2.46. The second kappa shape index (κ2) is 9.13. The van der Waals surface area contributed by atoms with Crippen LogP contribution in [0.5, 0.6) is 0 Å². The molecule has 0 radical (unpaired) electrons. The molecule has 2 aliphatic heterocycles. The van der Waals surface area contributed by atoms with Crippen molar-refractivity contribution in [3.63, 3.8) is 0 Å². The first kappa shape index (κ1) is 20.2. The van der Waals surface area contributed by atoms with Gasteiger partial charge in [-0.1, -0.05) is 54.6 Å². The minimum Gasteiger partial charge on any atom is -0.469 e. The number of esters is 1. The third-order valence-corrected chi connectivity index (χ3v) is 7.17. The van der Waals surface area contributed by atoms with Gasteiger partial charge in [-0.05, 0) is 68.7 Å². The molecule has 4 rings (SSSR count). The molecule has 2 aromatic rings. The van der Waals surface area contributed by atoms with Gasteiger partial charge in [0.15, 0.2) is 0 Å². The maximum absolute atomic E-state index is 12.6. The van der Waals surface area contributed by atoms with Crippen LogP contribution >= 0.6 is 0 Å². The zero-order valence-electron chi connectivity index (χ0n) is 17.7. The van der Waals surface area contributed by atoms with Gasteiger partial charge in [0.25, 0.3) is 0 Å². The highest BCUT2D eigenvalue weighted by atomic mass is 16.5. The van der Waals surface area contributed by atoms with Crippen LogP contribution in [0.3, 0.4) is 0 Å². The summed E-state index contributed by atoms with van der Waals surface area (Å²) in [6.07, 6.45) is 8.06. The second-order valence-electron chi connectivity index (χ2n) is 8.79. The Labute approximate surface area is 175 Å². The number of benzene rings is 2. The molecule has 0 N–H and O–H groups in total. The van der Waals surface area contributed by atoms with Gasteiger partial charge in [-0.3, -0.25) is 9.69 Å². The summed E-state index contributed by atoms with van der Waals surface area (Å²) < 4.78 is 5.20. The first-order valence-corrected chi connectivity index (χ1v) is 11.1. The molecule has 2 aromatic carbocycles. The molecule has 0 aliphatic carbocycles. The first-order valence-electron chi connectivity index (χ1n) is 11.1. The highest BCUT2D eigenvalue weighted by molar-refractivity contribution is 5.75. The normalized spacial score (nSPS) is 26.4. The summed E-state index contributed by atoms with van der Waals surface area (Å²) in [5.41, 5.74) is 4.12. The molecule has 0 spiro atoms. The van der Waals surface area contributed by atoms with Gasteiger partial charge in [0.2, 0.25) is 0 Å². The number of methoxy groups -OCH3 is 1. The maximum Gasteiger partial charge on any atom is 0.310 e. The van der Waals surface area contributed by atoms with E-state index < -0.39 is 0 Å². The Morgan fingerprint density at radius 1 is 0.966 bits per heavy atom. The number of carbonyl (C=O) groups is 1. The van der Waals surface area contributed by atoms with Crippen LogP contribution in [0, 0.1) is 5.92 Å². The minimum atomic E-state index is -0.0443. The number of hydrogen-bond donors (Lipinski definition) is 0. The molecule has 3 heteroatoms. The topological polar surface area (TPSA) is 29.5 Å². The minimum absolute atomic E-state index is 0.0412. The molecular formula is C26H33NO2. The van der Waals surface area contributed by atoms with E-state index in [1.807, 2.05) is 0 Å². The van der Waals surface area contributed by atoms with Crippen LogP contribution in [0.1, 0.15) is 54.7 Å². The van der Waals surface area contributed by atoms with Crippen molar-refractivity contribution in [1.29, 1.82) is 0 Å². The van der Waals surface area contributed by atoms with Crippen molar-refractivity contribution >= 4 is 5.97 Å². The van der Waals surface area contributed by atoms with Gasteiger partial charge in [-0.2, -0.15) is 0 Å². The lowest BCUT2D eigenvalue weighted by Gasteiger charge is -2.41. The van der Waals surface area contributed by atoms with Gasteiger partial charge in [0, 0.05) is 18.0 Å². The Morgan fingerprint density at radius 3 is 2.28 bits per heavy atom. The number of hydrogen-bond acceptors (Lipinski definition) is 3. The molecule has 2 saturated heterocycles. The van der Waals surface area contributed by atoms with Crippen LogP contribution in [-0.4, -0.2) is 37.1 Å². The van der Waals surface area contributed by atoms with Crippen molar-refractivity contribution in [3.05, 3.63) is 71.3 Å². The zero-order valence-corrected chi connectivity index (χ0v) is 17.7. The summed E-state index contributed by atoms with van der Waals surface area (Å²) in [5.74, 6) is 0.195. The summed E-state index contributed by atoms with van der Waals surface area (Å²) in [6.45, 7) is 0.